The molecule has 3 rings (SSSR count). The highest BCUT2D eigenvalue weighted by atomic mass is 35.5. The van der Waals surface area contributed by atoms with Gasteiger partial charge in [0.25, 0.3) is 5.91 Å². The molecule has 0 spiro atoms. The Bertz CT molecular complexity index is 872. The van der Waals surface area contributed by atoms with Gasteiger partial charge in [-0.05, 0) is 49.2 Å². The van der Waals surface area contributed by atoms with E-state index in [1.807, 2.05) is 32.0 Å². The lowest BCUT2D eigenvalue weighted by Crippen LogP contribution is -2.14. The molecule has 3 aromatic rings. The maximum absolute atomic E-state index is 12.2. The van der Waals surface area contributed by atoms with Crippen molar-refractivity contribution < 1.29 is 4.79 Å². The van der Waals surface area contributed by atoms with Gasteiger partial charge in [-0.25, -0.2) is 9.97 Å². The molecule has 0 radical (unpaired) electrons. The average molecular weight is 353 g/mol. The first-order valence-electron chi connectivity index (χ1n) is 7.75. The molecule has 2 aromatic carbocycles. The highest BCUT2D eigenvalue weighted by Crippen LogP contribution is 2.23. The van der Waals surface area contributed by atoms with Crippen LogP contribution in [0.5, 0.6) is 0 Å². The molecular formula is C19H17ClN4O. The molecule has 1 amide bonds. The smallest absolute Gasteiger partial charge is 0.275 e. The number of nitrogens with one attached hydrogen (secondary N) is 2. The van der Waals surface area contributed by atoms with E-state index in [0.717, 1.165) is 16.8 Å². The number of aryl methyl sites for hydroxylation is 2. The summed E-state index contributed by atoms with van der Waals surface area (Å²) in [5, 5.41) is 6.61. The fraction of sp³-hybridized carbons (Fsp3) is 0.105. The number of nitrogens with zero attached hydrogens (tertiary/aromatic N) is 2. The molecule has 25 heavy (non-hydrogen) atoms. The normalized spacial score (nSPS) is 10.4. The van der Waals surface area contributed by atoms with E-state index in [-0.39, 0.29) is 11.6 Å². The van der Waals surface area contributed by atoms with Gasteiger partial charge in [0, 0.05) is 16.4 Å². The number of anilines is 3. The van der Waals surface area contributed by atoms with E-state index in [4.69, 9.17) is 11.6 Å². The molecule has 0 saturated carbocycles. The number of hydrogen-bond acceptors (Lipinski definition) is 4. The molecule has 1 heterocycles. The summed E-state index contributed by atoms with van der Waals surface area (Å²) in [6.45, 7) is 4.05. The Balaban J connectivity index is 1.71. The molecule has 0 atom stereocenters. The van der Waals surface area contributed by atoms with Gasteiger partial charge in [0.1, 0.15) is 11.5 Å². The Labute approximate surface area is 151 Å². The number of aromatic nitrogens is 2. The molecule has 5 nitrogen and oxygen atoms in total. The Kier molecular flexibility index (Phi) is 4.95. The number of carbonyl (C=O) groups excluding carboxylic acids is 1. The van der Waals surface area contributed by atoms with Crippen molar-refractivity contribution in [3.63, 3.8) is 0 Å². The summed E-state index contributed by atoms with van der Waals surface area (Å²) in [5.41, 5.74) is 4.11. The molecule has 0 aliphatic heterocycles. The van der Waals surface area contributed by atoms with Crippen LogP contribution >= 0.6 is 11.6 Å². The number of hydrogen-bond donors (Lipinski definition) is 2. The molecule has 0 fully saturated rings. The highest BCUT2D eigenvalue weighted by Gasteiger charge is 2.09. The van der Waals surface area contributed by atoms with Crippen molar-refractivity contribution in [3.8, 4) is 0 Å². The SMILES string of the molecule is Cc1cccc(C)c1Nc1cnc(C(=O)Nc2ccc(Cl)cc2)cn1. The summed E-state index contributed by atoms with van der Waals surface area (Å²) < 4.78 is 0. The molecule has 126 valence electrons. The largest absolute Gasteiger partial charge is 0.339 e. The van der Waals surface area contributed by atoms with Crippen LogP contribution in [0.3, 0.4) is 0 Å². The van der Waals surface area contributed by atoms with Crippen LogP contribution in [-0.4, -0.2) is 15.9 Å². The predicted molar refractivity (Wildman–Crippen MR) is 101 cm³/mol. The van der Waals surface area contributed by atoms with E-state index in [0.29, 0.717) is 16.5 Å². The van der Waals surface area contributed by atoms with E-state index in [1.165, 1.54) is 6.20 Å². The molecule has 0 saturated heterocycles. The van der Waals surface area contributed by atoms with Crippen LogP contribution in [0.1, 0.15) is 21.6 Å². The molecule has 6 heteroatoms. The van der Waals surface area contributed by atoms with Crippen molar-refractivity contribution in [3.05, 3.63) is 76.7 Å². The van der Waals surface area contributed by atoms with Gasteiger partial charge >= 0.3 is 0 Å². The van der Waals surface area contributed by atoms with E-state index in [2.05, 4.69) is 20.6 Å². The second kappa shape index (κ2) is 7.32. The van der Waals surface area contributed by atoms with Crippen molar-refractivity contribution in [1.82, 2.24) is 9.97 Å². The summed E-state index contributed by atoms with van der Waals surface area (Å²) in [6, 6.07) is 12.9. The lowest BCUT2D eigenvalue weighted by molar-refractivity contribution is 0.102. The number of halogens is 1. The standard InChI is InChI=1S/C19H17ClN4O/c1-12-4-3-5-13(2)18(12)24-17-11-21-16(10-22-17)19(25)23-15-8-6-14(20)7-9-15/h3-11H,1-2H3,(H,22,24)(H,23,25). The first-order valence-corrected chi connectivity index (χ1v) is 8.13. The van der Waals surface area contributed by atoms with Crippen molar-refractivity contribution in [1.29, 1.82) is 0 Å². The van der Waals surface area contributed by atoms with Crippen molar-refractivity contribution in [2.45, 2.75) is 13.8 Å². The van der Waals surface area contributed by atoms with Crippen LogP contribution in [0.2, 0.25) is 5.02 Å². The molecule has 1 aromatic heterocycles. The van der Waals surface area contributed by atoms with Gasteiger partial charge < -0.3 is 10.6 Å². The van der Waals surface area contributed by atoms with E-state index >= 15 is 0 Å². The number of benzene rings is 2. The van der Waals surface area contributed by atoms with Crippen LogP contribution in [-0.2, 0) is 0 Å². The Morgan fingerprint density at radius 3 is 2.24 bits per heavy atom. The summed E-state index contributed by atoms with van der Waals surface area (Å²) in [4.78, 5) is 20.7. The van der Waals surface area contributed by atoms with Crippen LogP contribution < -0.4 is 10.6 Å². The zero-order valence-electron chi connectivity index (χ0n) is 13.9. The van der Waals surface area contributed by atoms with Crippen LogP contribution in [0.15, 0.2) is 54.9 Å². The zero-order chi connectivity index (χ0) is 17.8. The second-order valence-corrected chi connectivity index (χ2v) is 6.08. The Hall–Kier alpha value is -2.92. The van der Waals surface area contributed by atoms with Crippen molar-refractivity contribution in [2.24, 2.45) is 0 Å². The lowest BCUT2D eigenvalue weighted by Gasteiger charge is -2.11. The summed E-state index contributed by atoms with van der Waals surface area (Å²) >= 11 is 5.83. The predicted octanol–water partition coefficient (Wildman–Crippen LogP) is 4.74. The van der Waals surface area contributed by atoms with Gasteiger partial charge in [-0.3, -0.25) is 4.79 Å². The van der Waals surface area contributed by atoms with Gasteiger partial charge in [-0.15, -0.1) is 0 Å². The topological polar surface area (TPSA) is 66.9 Å². The van der Waals surface area contributed by atoms with Crippen molar-refractivity contribution >= 4 is 34.7 Å². The van der Waals surface area contributed by atoms with E-state index in [1.54, 1.807) is 30.5 Å². The summed E-state index contributed by atoms with van der Waals surface area (Å²) in [7, 11) is 0. The Morgan fingerprint density at radius 2 is 1.64 bits per heavy atom. The quantitative estimate of drug-likeness (QED) is 0.711. The minimum atomic E-state index is -0.326. The first kappa shape index (κ1) is 16.9. The van der Waals surface area contributed by atoms with E-state index in [9.17, 15) is 4.79 Å². The van der Waals surface area contributed by atoms with Gasteiger partial charge in [-0.1, -0.05) is 29.8 Å². The molecule has 2 N–H and O–H groups in total. The number of amides is 1. The van der Waals surface area contributed by atoms with Crippen molar-refractivity contribution in [2.75, 3.05) is 10.6 Å². The minimum absolute atomic E-state index is 0.238. The maximum atomic E-state index is 12.2. The number of para-hydroxylation sites is 1. The van der Waals surface area contributed by atoms with Gasteiger partial charge in [0.2, 0.25) is 0 Å². The molecular weight excluding hydrogens is 336 g/mol. The third-order valence-corrected chi connectivity index (χ3v) is 3.97. The van der Waals surface area contributed by atoms with E-state index < -0.39 is 0 Å². The minimum Gasteiger partial charge on any atom is -0.339 e. The fourth-order valence-electron chi connectivity index (χ4n) is 2.38. The lowest BCUT2D eigenvalue weighted by atomic mass is 10.1. The molecule has 0 unspecified atom stereocenters. The fourth-order valence-corrected chi connectivity index (χ4v) is 2.50. The third kappa shape index (κ3) is 4.14. The summed E-state index contributed by atoms with van der Waals surface area (Å²) in [5.74, 6) is 0.258. The van der Waals surface area contributed by atoms with Crippen LogP contribution in [0, 0.1) is 13.8 Å². The van der Waals surface area contributed by atoms with Crippen LogP contribution in [0.4, 0.5) is 17.2 Å². The van der Waals surface area contributed by atoms with Crippen LogP contribution in [0.25, 0.3) is 0 Å². The van der Waals surface area contributed by atoms with Gasteiger partial charge in [0.05, 0.1) is 12.4 Å². The molecule has 0 aliphatic rings. The zero-order valence-corrected chi connectivity index (χ0v) is 14.6. The highest BCUT2D eigenvalue weighted by molar-refractivity contribution is 6.30. The average Bonchev–Trinajstić information content (AvgIpc) is 2.61. The number of carbonyl (C=O) groups is 1. The van der Waals surface area contributed by atoms with Gasteiger partial charge in [-0.2, -0.15) is 0 Å². The summed E-state index contributed by atoms with van der Waals surface area (Å²) in [6.07, 6.45) is 2.99. The van der Waals surface area contributed by atoms with Gasteiger partial charge in [0.15, 0.2) is 0 Å². The first-order chi connectivity index (χ1) is 12.0. The Morgan fingerprint density at radius 1 is 0.960 bits per heavy atom. The number of rotatable bonds is 4. The molecule has 0 bridgehead atoms. The maximum Gasteiger partial charge on any atom is 0.275 e. The second-order valence-electron chi connectivity index (χ2n) is 5.64. The third-order valence-electron chi connectivity index (χ3n) is 3.72. The molecule has 0 aliphatic carbocycles. The monoisotopic (exact) mass is 352 g/mol.